The summed E-state index contributed by atoms with van der Waals surface area (Å²) in [6, 6.07) is 10.2. The zero-order chi connectivity index (χ0) is 18.8. The number of halogens is 1. The van der Waals surface area contributed by atoms with Gasteiger partial charge < -0.3 is 26.0 Å². The highest BCUT2D eigenvalue weighted by Crippen LogP contribution is 2.31. The van der Waals surface area contributed by atoms with Gasteiger partial charge in [0.15, 0.2) is 23.2 Å². The number of benzene rings is 1. The molecule has 1 saturated heterocycles. The highest BCUT2D eigenvalue weighted by atomic mass is 35.5. The van der Waals surface area contributed by atoms with Gasteiger partial charge in [0.2, 0.25) is 0 Å². The van der Waals surface area contributed by atoms with E-state index in [1.165, 1.54) is 18.2 Å². The van der Waals surface area contributed by atoms with Gasteiger partial charge in [-0.2, -0.15) is 0 Å². The SMILES string of the molecule is Cl.NC[C@H]1O[C@@H](n2cnc3c(NCCc4ccccc4)ncnc32)[C@H](O)[C@@H]1O. The van der Waals surface area contributed by atoms with Crippen LogP contribution in [0.25, 0.3) is 11.2 Å². The molecule has 0 aliphatic carbocycles. The third kappa shape index (κ3) is 3.80. The largest absolute Gasteiger partial charge is 0.387 e. The molecular weight excluding hydrogens is 384 g/mol. The van der Waals surface area contributed by atoms with Crippen molar-refractivity contribution >= 4 is 29.4 Å². The van der Waals surface area contributed by atoms with Crippen LogP contribution in [-0.2, 0) is 11.2 Å². The van der Waals surface area contributed by atoms with Gasteiger partial charge >= 0.3 is 0 Å². The molecule has 4 rings (SSSR count). The summed E-state index contributed by atoms with van der Waals surface area (Å²) in [5, 5.41) is 23.6. The van der Waals surface area contributed by atoms with E-state index in [1.54, 1.807) is 4.57 Å². The predicted octanol–water partition coefficient (Wildman–Crippen LogP) is 0.481. The number of ether oxygens (including phenoxy) is 1. The minimum absolute atomic E-state index is 0. The van der Waals surface area contributed by atoms with Gasteiger partial charge in [-0.1, -0.05) is 30.3 Å². The van der Waals surface area contributed by atoms with E-state index in [4.69, 9.17) is 10.5 Å². The van der Waals surface area contributed by atoms with Crippen LogP contribution in [0.1, 0.15) is 11.8 Å². The smallest absolute Gasteiger partial charge is 0.167 e. The Bertz CT molecular complexity index is 909. The monoisotopic (exact) mass is 406 g/mol. The van der Waals surface area contributed by atoms with Gasteiger partial charge in [0.25, 0.3) is 0 Å². The highest BCUT2D eigenvalue weighted by Gasteiger charge is 2.43. The van der Waals surface area contributed by atoms with Crippen LogP contribution < -0.4 is 11.1 Å². The van der Waals surface area contributed by atoms with Crippen LogP contribution in [0.15, 0.2) is 43.0 Å². The molecule has 9 nitrogen and oxygen atoms in total. The van der Waals surface area contributed by atoms with Gasteiger partial charge in [-0.25, -0.2) is 15.0 Å². The van der Waals surface area contributed by atoms with Crippen molar-refractivity contribution in [1.29, 1.82) is 0 Å². The molecule has 4 atom stereocenters. The van der Waals surface area contributed by atoms with Crippen molar-refractivity contribution in [1.82, 2.24) is 19.5 Å². The molecule has 150 valence electrons. The van der Waals surface area contributed by atoms with Gasteiger partial charge in [0, 0.05) is 13.1 Å². The third-order valence-electron chi connectivity index (χ3n) is 4.75. The van der Waals surface area contributed by atoms with Crippen molar-refractivity contribution in [2.45, 2.75) is 31.0 Å². The zero-order valence-corrected chi connectivity index (χ0v) is 15.9. The molecule has 0 spiro atoms. The quantitative estimate of drug-likeness (QED) is 0.465. The Labute approximate surface area is 168 Å². The number of nitrogens with one attached hydrogen (secondary N) is 1. The number of hydrogen-bond donors (Lipinski definition) is 4. The lowest BCUT2D eigenvalue weighted by Crippen LogP contribution is -2.35. The number of nitrogens with zero attached hydrogens (tertiary/aromatic N) is 4. The van der Waals surface area contributed by atoms with E-state index in [9.17, 15) is 10.2 Å². The van der Waals surface area contributed by atoms with Crippen molar-refractivity contribution in [3.63, 3.8) is 0 Å². The number of imidazole rings is 1. The first-order valence-corrected chi connectivity index (χ1v) is 8.86. The summed E-state index contributed by atoms with van der Waals surface area (Å²) in [5.74, 6) is 0.609. The number of aromatic nitrogens is 4. The standard InChI is InChI=1S/C18H22N6O3.ClH/c19-8-12-14(25)15(26)18(27-12)24-10-23-13-16(21-9-22-17(13)24)20-7-6-11-4-2-1-3-5-11;/h1-5,9-10,12,14-15,18,25-26H,6-8,19H2,(H,20,21,22);1H/t12-,14-,15-,18-;/m1./s1. The topological polar surface area (TPSA) is 131 Å². The van der Waals surface area contributed by atoms with Crippen LogP contribution in [0.5, 0.6) is 0 Å². The van der Waals surface area contributed by atoms with E-state index in [-0.39, 0.29) is 19.0 Å². The molecule has 2 aromatic heterocycles. The number of rotatable bonds is 6. The summed E-state index contributed by atoms with van der Waals surface area (Å²) in [5.41, 5.74) is 7.90. The molecule has 0 saturated carbocycles. The van der Waals surface area contributed by atoms with Crippen molar-refractivity contribution < 1.29 is 14.9 Å². The molecule has 3 heterocycles. The lowest BCUT2D eigenvalue weighted by molar-refractivity contribution is -0.0322. The predicted molar refractivity (Wildman–Crippen MR) is 106 cm³/mol. The molecule has 0 bridgehead atoms. The molecule has 1 aliphatic heterocycles. The molecule has 0 radical (unpaired) electrons. The number of fused-ring (bicyclic) bond motifs is 1. The maximum absolute atomic E-state index is 10.3. The number of aliphatic hydroxyl groups is 2. The molecule has 0 amide bonds. The summed E-state index contributed by atoms with van der Waals surface area (Å²) in [6.07, 6.45) is 0.216. The van der Waals surface area contributed by atoms with E-state index in [0.717, 1.165) is 6.42 Å². The Morgan fingerprint density at radius 3 is 2.61 bits per heavy atom. The average Bonchev–Trinajstić information content (AvgIpc) is 3.25. The Morgan fingerprint density at radius 2 is 1.89 bits per heavy atom. The molecule has 1 aromatic carbocycles. The third-order valence-corrected chi connectivity index (χ3v) is 4.75. The van der Waals surface area contributed by atoms with Crippen molar-refractivity contribution in [2.24, 2.45) is 5.73 Å². The van der Waals surface area contributed by atoms with Crippen molar-refractivity contribution in [3.8, 4) is 0 Å². The summed E-state index contributed by atoms with van der Waals surface area (Å²) in [6.45, 7) is 0.808. The Morgan fingerprint density at radius 1 is 1.11 bits per heavy atom. The number of anilines is 1. The summed E-state index contributed by atoms with van der Waals surface area (Å²) in [7, 11) is 0. The average molecular weight is 407 g/mol. The molecule has 10 heteroatoms. The molecule has 0 unspecified atom stereocenters. The number of hydrogen-bond acceptors (Lipinski definition) is 8. The molecule has 5 N–H and O–H groups in total. The number of nitrogens with two attached hydrogens (primary N) is 1. The minimum atomic E-state index is -1.11. The maximum atomic E-state index is 10.3. The van der Waals surface area contributed by atoms with Crippen molar-refractivity contribution in [2.75, 3.05) is 18.4 Å². The van der Waals surface area contributed by atoms with Crippen LogP contribution in [0.4, 0.5) is 5.82 Å². The van der Waals surface area contributed by atoms with Gasteiger partial charge in [0.05, 0.1) is 6.33 Å². The normalized spacial score (nSPS) is 24.2. The van der Waals surface area contributed by atoms with E-state index >= 15 is 0 Å². The highest BCUT2D eigenvalue weighted by molar-refractivity contribution is 5.85. The van der Waals surface area contributed by atoms with Crippen LogP contribution in [-0.4, -0.2) is 61.1 Å². The van der Waals surface area contributed by atoms with Gasteiger partial charge in [-0.3, -0.25) is 4.57 Å². The molecule has 28 heavy (non-hydrogen) atoms. The van der Waals surface area contributed by atoms with Crippen LogP contribution in [0, 0.1) is 0 Å². The van der Waals surface area contributed by atoms with Gasteiger partial charge in [0.1, 0.15) is 24.6 Å². The fraction of sp³-hybridized carbons (Fsp3) is 0.389. The molecular formula is C18H23ClN6O3. The first-order valence-electron chi connectivity index (χ1n) is 8.86. The van der Waals surface area contributed by atoms with Crippen LogP contribution in [0.3, 0.4) is 0 Å². The Kier molecular flexibility index (Phi) is 6.42. The second-order valence-corrected chi connectivity index (χ2v) is 6.49. The first kappa shape index (κ1) is 20.4. The summed E-state index contributed by atoms with van der Waals surface area (Å²) in [4.78, 5) is 12.9. The van der Waals surface area contributed by atoms with Gasteiger partial charge in [-0.05, 0) is 12.0 Å². The first-order chi connectivity index (χ1) is 13.2. The van der Waals surface area contributed by atoms with E-state index in [2.05, 4.69) is 32.4 Å². The number of aliphatic hydroxyl groups excluding tert-OH is 2. The second-order valence-electron chi connectivity index (χ2n) is 6.49. The maximum Gasteiger partial charge on any atom is 0.167 e. The van der Waals surface area contributed by atoms with E-state index < -0.39 is 24.5 Å². The summed E-state index contributed by atoms with van der Waals surface area (Å²) >= 11 is 0. The van der Waals surface area contributed by atoms with Crippen LogP contribution in [0.2, 0.25) is 0 Å². The molecule has 3 aromatic rings. The van der Waals surface area contributed by atoms with Crippen LogP contribution >= 0.6 is 12.4 Å². The lowest BCUT2D eigenvalue weighted by atomic mass is 10.1. The van der Waals surface area contributed by atoms with Crippen molar-refractivity contribution in [3.05, 3.63) is 48.5 Å². The zero-order valence-electron chi connectivity index (χ0n) is 15.0. The molecule has 1 fully saturated rings. The Balaban J connectivity index is 0.00000225. The summed E-state index contributed by atoms with van der Waals surface area (Å²) < 4.78 is 7.28. The fourth-order valence-corrected chi connectivity index (χ4v) is 3.29. The second kappa shape index (κ2) is 8.80. The van der Waals surface area contributed by atoms with E-state index in [1.807, 2.05) is 18.2 Å². The van der Waals surface area contributed by atoms with Gasteiger partial charge in [-0.15, -0.1) is 12.4 Å². The Hall–Kier alpha value is -2.30. The van der Waals surface area contributed by atoms with E-state index in [0.29, 0.717) is 23.5 Å². The lowest BCUT2D eigenvalue weighted by Gasteiger charge is -2.16. The molecule has 1 aliphatic rings. The minimum Gasteiger partial charge on any atom is -0.387 e. The fourth-order valence-electron chi connectivity index (χ4n) is 3.29.